The minimum atomic E-state index is 0.635. The van der Waals surface area contributed by atoms with Gasteiger partial charge in [0.2, 0.25) is 0 Å². The van der Waals surface area contributed by atoms with Crippen molar-refractivity contribution in [1.29, 1.82) is 0 Å². The maximum absolute atomic E-state index is 5.51. The lowest BCUT2D eigenvalue weighted by atomic mass is 9.86. The molecular formula is C11H18N2O. The first-order chi connectivity index (χ1) is 6.88. The molecule has 0 radical (unpaired) electrons. The lowest BCUT2D eigenvalue weighted by Crippen LogP contribution is -2.08. The van der Waals surface area contributed by atoms with Gasteiger partial charge in [0.15, 0.2) is 0 Å². The van der Waals surface area contributed by atoms with E-state index in [2.05, 4.69) is 10.3 Å². The van der Waals surface area contributed by atoms with Crippen LogP contribution in [0.15, 0.2) is 10.6 Å². The zero-order valence-electron chi connectivity index (χ0n) is 8.75. The third kappa shape index (κ3) is 2.28. The second kappa shape index (κ2) is 4.49. The van der Waals surface area contributed by atoms with Crippen LogP contribution in [0.1, 0.15) is 37.9 Å². The van der Waals surface area contributed by atoms with Crippen LogP contribution in [0.2, 0.25) is 0 Å². The molecule has 78 valence electrons. The Bertz CT molecular complexity index is 277. The van der Waals surface area contributed by atoms with Crippen LogP contribution in [-0.4, -0.2) is 12.0 Å². The van der Waals surface area contributed by atoms with Gasteiger partial charge in [0, 0.05) is 13.5 Å². The van der Waals surface area contributed by atoms with Crippen molar-refractivity contribution in [3.63, 3.8) is 0 Å². The van der Waals surface area contributed by atoms with Gasteiger partial charge in [-0.3, -0.25) is 0 Å². The Morgan fingerprint density at radius 2 is 2.21 bits per heavy atom. The minimum Gasteiger partial charge on any atom is -0.429 e. The van der Waals surface area contributed by atoms with Crippen LogP contribution in [0.4, 0.5) is 6.01 Å². The monoisotopic (exact) mass is 194 g/mol. The Labute approximate surface area is 84.9 Å². The normalized spacial score (nSPS) is 18.4. The van der Waals surface area contributed by atoms with E-state index in [0.717, 1.165) is 18.1 Å². The summed E-state index contributed by atoms with van der Waals surface area (Å²) >= 11 is 0. The van der Waals surface area contributed by atoms with Crippen LogP contribution in [-0.2, 0) is 6.42 Å². The maximum atomic E-state index is 5.51. The number of anilines is 1. The Hall–Kier alpha value is -0.990. The Morgan fingerprint density at radius 3 is 2.86 bits per heavy atom. The van der Waals surface area contributed by atoms with Gasteiger partial charge in [0.1, 0.15) is 5.76 Å². The van der Waals surface area contributed by atoms with Crippen LogP contribution >= 0.6 is 0 Å². The summed E-state index contributed by atoms with van der Waals surface area (Å²) in [6, 6.07) is 0.635. The largest absolute Gasteiger partial charge is 0.429 e. The van der Waals surface area contributed by atoms with E-state index in [1.54, 1.807) is 0 Å². The summed E-state index contributed by atoms with van der Waals surface area (Å²) < 4.78 is 5.51. The van der Waals surface area contributed by atoms with Crippen molar-refractivity contribution < 1.29 is 4.42 Å². The van der Waals surface area contributed by atoms with Gasteiger partial charge in [-0.2, -0.15) is 0 Å². The fourth-order valence-corrected chi connectivity index (χ4v) is 2.19. The summed E-state index contributed by atoms with van der Waals surface area (Å²) in [5.74, 6) is 1.85. The van der Waals surface area contributed by atoms with Gasteiger partial charge in [-0.15, -0.1) is 0 Å². The molecule has 1 saturated carbocycles. The van der Waals surface area contributed by atoms with Gasteiger partial charge in [-0.25, -0.2) is 4.98 Å². The summed E-state index contributed by atoms with van der Waals surface area (Å²) in [6.07, 6.45) is 9.81. The second-order valence-corrected chi connectivity index (χ2v) is 4.09. The SMILES string of the molecule is CNc1ncc(CC2CCCCC2)o1. The van der Waals surface area contributed by atoms with Gasteiger partial charge < -0.3 is 9.73 Å². The average Bonchev–Trinajstić information content (AvgIpc) is 2.67. The molecule has 1 aromatic rings. The number of nitrogens with zero attached hydrogens (tertiary/aromatic N) is 1. The van der Waals surface area contributed by atoms with Gasteiger partial charge >= 0.3 is 0 Å². The zero-order chi connectivity index (χ0) is 9.80. The highest BCUT2D eigenvalue weighted by Gasteiger charge is 2.15. The lowest BCUT2D eigenvalue weighted by Gasteiger charge is -2.19. The highest BCUT2D eigenvalue weighted by Crippen LogP contribution is 2.27. The van der Waals surface area contributed by atoms with Gasteiger partial charge in [-0.05, 0) is 5.92 Å². The van der Waals surface area contributed by atoms with Crippen molar-refractivity contribution in [3.8, 4) is 0 Å². The van der Waals surface area contributed by atoms with E-state index in [0.29, 0.717) is 6.01 Å². The van der Waals surface area contributed by atoms with Crippen LogP contribution in [0.3, 0.4) is 0 Å². The quantitative estimate of drug-likeness (QED) is 0.804. The molecule has 0 saturated heterocycles. The molecule has 1 N–H and O–H groups in total. The maximum Gasteiger partial charge on any atom is 0.294 e. The molecule has 3 heteroatoms. The third-order valence-electron chi connectivity index (χ3n) is 2.98. The van der Waals surface area contributed by atoms with E-state index in [9.17, 15) is 0 Å². The molecule has 0 unspecified atom stereocenters. The molecule has 3 nitrogen and oxygen atoms in total. The average molecular weight is 194 g/mol. The highest BCUT2D eigenvalue weighted by molar-refractivity contribution is 5.18. The number of nitrogens with one attached hydrogen (secondary N) is 1. The smallest absolute Gasteiger partial charge is 0.294 e. The van der Waals surface area contributed by atoms with E-state index in [4.69, 9.17) is 4.42 Å². The van der Waals surface area contributed by atoms with Crippen LogP contribution in [0.25, 0.3) is 0 Å². The van der Waals surface area contributed by atoms with Crippen molar-refractivity contribution in [2.75, 3.05) is 12.4 Å². The summed E-state index contributed by atoms with van der Waals surface area (Å²) in [5.41, 5.74) is 0. The molecule has 1 aliphatic rings. The first kappa shape index (κ1) is 9.56. The minimum absolute atomic E-state index is 0.635. The fourth-order valence-electron chi connectivity index (χ4n) is 2.19. The summed E-state index contributed by atoms with van der Waals surface area (Å²) in [7, 11) is 1.83. The molecule has 14 heavy (non-hydrogen) atoms. The highest BCUT2D eigenvalue weighted by atomic mass is 16.4. The van der Waals surface area contributed by atoms with Crippen LogP contribution < -0.4 is 5.32 Å². The summed E-state index contributed by atoms with van der Waals surface area (Å²) in [5, 5.41) is 2.91. The number of aromatic nitrogens is 1. The molecule has 1 heterocycles. The Balaban J connectivity index is 1.89. The molecule has 0 spiro atoms. The molecular weight excluding hydrogens is 176 g/mol. The van der Waals surface area contributed by atoms with Crippen molar-refractivity contribution >= 4 is 6.01 Å². The lowest BCUT2D eigenvalue weighted by molar-refractivity contribution is 0.335. The summed E-state index contributed by atoms with van der Waals surface area (Å²) in [4.78, 5) is 4.12. The van der Waals surface area contributed by atoms with Crippen molar-refractivity contribution in [2.45, 2.75) is 38.5 Å². The molecule has 0 amide bonds. The number of rotatable bonds is 3. The van der Waals surface area contributed by atoms with E-state index in [1.807, 2.05) is 13.2 Å². The number of hydrogen-bond acceptors (Lipinski definition) is 3. The molecule has 1 aliphatic carbocycles. The van der Waals surface area contributed by atoms with Crippen molar-refractivity contribution in [1.82, 2.24) is 4.98 Å². The van der Waals surface area contributed by atoms with E-state index < -0.39 is 0 Å². The molecule has 2 rings (SSSR count). The molecule has 1 fully saturated rings. The molecule has 0 atom stereocenters. The molecule has 0 aromatic carbocycles. The summed E-state index contributed by atoms with van der Waals surface area (Å²) in [6.45, 7) is 0. The molecule has 0 bridgehead atoms. The first-order valence-corrected chi connectivity index (χ1v) is 5.51. The first-order valence-electron chi connectivity index (χ1n) is 5.51. The topological polar surface area (TPSA) is 38.1 Å². The fraction of sp³-hybridized carbons (Fsp3) is 0.727. The zero-order valence-corrected chi connectivity index (χ0v) is 8.75. The van der Waals surface area contributed by atoms with E-state index in [1.165, 1.54) is 32.1 Å². The van der Waals surface area contributed by atoms with Crippen LogP contribution in [0.5, 0.6) is 0 Å². The van der Waals surface area contributed by atoms with Crippen molar-refractivity contribution in [2.24, 2.45) is 5.92 Å². The van der Waals surface area contributed by atoms with E-state index in [-0.39, 0.29) is 0 Å². The Kier molecular flexibility index (Phi) is 3.07. The van der Waals surface area contributed by atoms with Gasteiger partial charge in [0.05, 0.1) is 6.20 Å². The predicted octanol–water partition coefficient (Wildman–Crippen LogP) is 2.84. The number of hydrogen-bond donors (Lipinski definition) is 1. The Morgan fingerprint density at radius 1 is 1.43 bits per heavy atom. The van der Waals surface area contributed by atoms with Gasteiger partial charge in [0.25, 0.3) is 6.01 Å². The van der Waals surface area contributed by atoms with Crippen molar-refractivity contribution in [3.05, 3.63) is 12.0 Å². The molecule has 1 aromatic heterocycles. The third-order valence-corrected chi connectivity index (χ3v) is 2.98. The van der Waals surface area contributed by atoms with E-state index >= 15 is 0 Å². The standard InChI is InChI=1S/C11H18N2O/c1-12-11-13-8-10(14-11)7-9-5-3-2-4-6-9/h8-9H,2-7H2,1H3,(H,12,13). The number of oxazole rings is 1. The van der Waals surface area contributed by atoms with Gasteiger partial charge in [-0.1, -0.05) is 32.1 Å². The predicted molar refractivity (Wildman–Crippen MR) is 56.3 cm³/mol. The molecule has 0 aliphatic heterocycles. The van der Waals surface area contributed by atoms with Crippen LogP contribution in [0, 0.1) is 5.92 Å². The second-order valence-electron chi connectivity index (χ2n) is 4.09.